The van der Waals surface area contributed by atoms with E-state index in [-0.39, 0.29) is 29.3 Å². The number of halogens is 1. The van der Waals surface area contributed by atoms with Gasteiger partial charge < -0.3 is 15.2 Å². The fraction of sp³-hybridized carbons (Fsp3) is 0.156. The quantitative estimate of drug-likeness (QED) is 0.147. The number of sulfonamides is 1. The highest BCUT2D eigenvalue weighted by molar-refractivity contribution is 7.90. The zero-order chi connectivity index (χ0) is 30.4. The molecule has 0 aliphatic carbocycles. The SMILES string of the molecule is CCOC(=O)c1cccc(COc2ccc(C3=NN(/C(N)=N/S(=O)(=O)c4ccc(Cl)cc4)CC3c3ccccc3)cc2)c1. The summed E-state index contributed by atoms with van der Waals surface area (Å²) in [6.07, 6.45) is 0. The Morgan fingerprint density at radius 1 is 1.00 bits per heavy atom. The molecule has 0 saturated carbocycles. The lowest BCUT2D eigenvalue weighted by Crippen LogP contribution is -2.33. The van der Waals surface area contributed by atoms with Crippen LogP contribution in [0.4, 0.5) is 0 Å². The summed E-state index contributed by atoms with van der Waals surface area (Å²) in [4.78, 5) is 12.0. The Kier molecular flexibility index (Phi) is 9.08. The van der Waals surface area contributed by atoms with E-state index >= 15 is 0 Å². The van der Waals surface area contributed by atoms with Gasteiger partial charge in [0, 0.05) is 10.9 Å². The van der Waals surface area contributed by atoms with Gasteiger partial charge >= 0.3 is 5.97 Å². The first-order valence-electron chi connectivity index (χ1n) is 13.5. The average molecular weight is 617 g/mol. The fourth-order valence-corrected chi connectivity index (χ4v) is 5.62. The van der Waals surface area contributed by atoms with Crippen molar-refractivity contribution in [2.75, 3.05) is 13.2 Å². The molecule has 1 unspecified atom stereocenters. The minimum atomic E-state index is -4.07. The zero-order valence-corrected chi connectivity index (χ0v) is 24.8. The van der Waals surface area contributed by atoms with E-state index in [0.29, 0.717) is 35.2 Å². The Morgan fingerprint density at radius 2 is 1.72 bits per heavy atom. The van der Waals surface area contributed by atoms with Gasteiger partial charge in [-0.15, -0.1) is 4.40 Å². The van der Waals surface area contributed by atoms with Crippen LogP contribution in [0.25, 0.3) is 0 Å². The molecule has 4 aromatic carbocycles. The standard InChI is InChI=1S/C32H29ClN4O5S/c1-2-41-31(38)25-10-6-7-22(19-25)21-42-27-15-11-24(12-16-27)30-29(23-8-4-3-5-9-23)20-37(35-30)32(34)36-43(39,40)28-17-13-26(33)14-18-28/h3-19,29H,2,20-21H2,1H3,(H2,34,36). The topological polar surface area (TPSA) is 124 Å². The molecule has 4 aromatic rings. The number of rotatable bonds is 9. The molecule has 0 fully saturated rings. The Balaban J connectivity index is 1.36. The maximum atomic E-state index is 12.9. The molecule has 9 nitrogen and oxygen atoms in total. The van der Waals surface area contributed by atoms with Crippen molar-refractivity contribution < 1.29 is 22.7 Å². The monoisotopic (exact) mass is 616 g/mol. The van der Waals surface area contributed by atoms with Gasteiger partial charge in [-0.05, 0) is 84.3 Å². The third kappa shape index (κ3) is 7.22. The largest absolute Gasteiger partial charge is 0.489 e. The molecule has 0 aromatic heterocycles. The second-order valence-electron chi connectivity index (χ2n) is 9.64. The van der Waals surface area contributed by atoms with Crippen molar-refractivity contribution in [2.45, 2.75) is 24.3 Å². The van der Waals surface area contributed by atoms with Crippen LogP contribution in [0.15, 0.2) is 118 Å². The molecular formula is C32H29ClN4O5S. The highest BCUT2D eigenvalue weighted by Crippen LogP contribution is 2.30. The number of nitrogens with zero attached hydrogens (tertiary/aromatic N) is 3. The van der Waals surface area contributed by atoms with Gasteiger partial charge in [-0.2, -0.15) is 13.5 Å². The molecule has 0 saturated heterocycles. The fourth-order valence-electron chi connectivity index (χ4n) is 4.57. The third-order valence-corrected chi connectivity index (χ3v) is 8.25. The predicted molar refractivity (Wildman–Crippen MR) is 166 cm³/mol. The summed E-state index contributed by atoms with van der Waals surface area (Å²) in [5.74, 6) is -0.171. The first-order chi connectivity index (χ1) is 20.7. The number of hydrazone groups is 1. The summed E-state index contributed by atoms with van der Waals surface area (Å²) in [6, 6.07) is 30.0. The minimum Gasteiger partial charge on any atom is -0.489 e. The molecule has 0 amide bonds. The van der Waals surface area contributed by atoms with Crippen molar-refractivity contribution in [3.05, 3.63) is 130 Å². The lowest BCUT2D eigenvalue weighted by molar-refractivity contribution is 0.0526. The van der Waals surface area contributed by atoms with E-state index in [4.69, 9.17) is 31.9 Å². The van der Waals surface area contributed by atoms with Gasteiger partial charge in [0.25, 0.3) is 10.0 Å². The number of carbonyl (C=O) groups is 1. The van der Waals surface area contributed by atoms with E-state index in [1.54, 1.807) is 25.1 Å². The first-order valence-corrected chi connectivity index (χ1v) is 15.3. The molecule has 1 aliphatic heterocycles. The molecule has 0 bridgehead atoms. The van der Waals surface area contributed by atoms with Crippen molar-refractivity contribution in [2.24, 2.45) is 15.2 Å². The smallest absolute Gasteiger partial charge is 0.338 e. The molecule has 1 aliphatic rings. The second kappa shape index (κ2) is 13.1. The van der Waals surface area contributed by atoms with E-state index < -0.39 is 10.0 Å². The van der Waals surface area contributed by atoms with Crippen molar-refractivity contribution >= 4 is 39.3 Å². The molecule has 11 heteroatoms. The van der Waals surface area contributed by atoms with Gasteiger partial charge in [0.1, 0.15) is 12.4 Å². The second-order valence-corrected chi connectivity index (χ2v) is 11.7. The maximum absolute atomic E-state index is 12.9. The van der Waals surface area contributed by atoms with E-state index in [1.807, 2.05) is 60.7 Å². The molecule has 1 heterocycles. The molecule has 43 heavy (non-hydrogen) atoms. The summed E-state index contributed by atoms with van der Waals surface area (Å²) in [6.45, 7) is 2.64. The van der Waals surface area contributed by atoms with Crippen molar-refractivity contribution in [3.63, 3.8) is 0 Å². The van der Waals surface area contributed by atoms with Gasteiger partial charge in [-0.3, -0.25) is 0 Å². The Morgan fingerprint density at radius 3 is 2.42 bits per heavy atom. The average Bonchev–Trinajstić information content (AvgIpc) is 3.47. The summed E-state index contributed by atoms with van der Waals surface area (Å²) >= 11 is 5.90. The molecule has 1 atom stereocenters. The van der Waals surface area contributed by atoms with E-state index in [9.17, 15) is 13.2 Å². The van der Waals surface area contributed by atoms with Crippen LogP contribution in [0.2, 0.25) is 5.02 Å². The van der Waals surface area contributed by atoms with Crippen LogP contribution < -0.4 is 10.5 Å². The number of nitrogens with two attached hydrogens (primary N) is 1. The minimum absolute atomic E-state index is 0.0222. The van der Waals surface area contributed by atoms with Crippen LogP contribution in [0.3, 0.4) is 0 Å². The molecular weight excluding hydrogens is 588 g/mol. The van der Waals surface area contributed by atoms with Gasteiger partial charge in [-0.1, -0.05) is 54.1 Å². The summed E-state index contributed by atoms with van der Waals surface area (Å²) in [5, 5.41) is 6.51. The molecule has 2 N–H and O–H groups in total. The molecule has 220 valence electrons. The van der Waals surface area contributed by atoms with Gasteiger partial charge in [-0.25, -0.2) is 9.80 Å². The summed E-state index contributed by atoms with van der Waals surface area (Å²) in [5.41, 5.74) is 10.0. The number of benzene rings is 4. The highest BCUT2D eigenvalue weighted by atomic mass is 35.5. The first kappa shape index (κ1) is 29.8. The zero-order valence-electron chi connectivity index (χ0n) is 23.3. The lowest BCUT2D eigenvalue weighted by atomic mass is 9.90. The van der Waals surface area contributed by atoms with E-state index in [1.165, 1.54) is 29.3 Å². The number of hydrogen-bond donors (Lipinski definition) is 1. The molecule has 5 rings (SSSR count). The number of esters is 1. The normalized spacial score (nSPS) is 15.2. The van der Waals surface area contributed by atoms with Gasteiger partial charge in [0.2, 0.25) is 5.96 Å². The van der Waals surface area contributed by atoms with Crippen LogP contribution >= 0.6 is 11.6 Å². The van der Waals surface area contributed by atoms with E-state index in [2.05, 4.69) is 4.40 Å². The van der Waals surface area contributed by atoms with Crippen LogP contribution in [0.1, 0.15) is 39.9 Å². The lowest BCUT2D eigenvalue weighted by Gasteiger charge is -2.16. The van der Waals surface area contributed by atoms with Crippen LogP contribution in [0, 0.1) is 0 Å². The van der Waals surface area contributed by atoms with Crippen molar-refractivity contribution in [3.8, 4) is 5.75 Å². The van der Waals surface area contributed by atoms with Gasteiger partial charge in [0.05, 0.1) is 29.3 Å². The van der Waals surface area contributed by atoms with Gasteiger partial charge in [0.15, 0.2) is 0 Å². The highest BCUT2D eigenvalue weighted by Gasteiger charge is 2.31. The van der Waals surface area contributed by atoms with Crippen LogP contribution in [-0.4, -0.2) is 44.2 Å². The summed E-state index contributed by atoms with van der Waals surface area (Å²) < 4.78 is 40.6. The number of guanidine groups is 1. The number of hydrogen-bond acceptors (Lipinski definition) is 6. The van der Waals surface area contributed by atoms with Crippen molar-refractivity contribution in [1.29, 1.82) is 0 Å². The Hall–Kier alpha value is -4.67. The molecule has 0 radical (unpaired) electrons. The van der Waals surface area contributed by atoms with Crippen LogP contribution in [0.5, 0.6) is 5.75 Å². The Bertz CT molecular complexity index is 1760. The van der Waals surface area contributed by atoms with Crippen molar-refractivity contribution in [1.82, 2.24) is 5.01 Å². The van der Waals surface area contributed by atoms with Crippen LogP contribution in [-0.2, 0) is 21.4 Å². The third-order valence-electron chi connectivity index (χ3n) is 6.70. The summed E-state index contributed by atoms with van der Waals surface area (Å²) in [7, 11) is -4.07. The Labute approximate surface area is 255 Å². The predicted octanol–water partition coefficient (Wildman–Crippen LogP) is 5.60. The number of carbonyl (C=O) groups excluding carboxylic acids is 1. The number of ether oxygens (including phenoxy) is 2. The maximum Gasteiger partial charge on any atom is 0.338 e. The molecule has 0 spiro atoms. The van der Waals surface area contributed by atoms with E-state index in [0.717, 1.165) is 16.7 Å².